The first kappa shape index (κ1) is 105. The van der Waals surface area contributed by atoms with Crippen LogP contribution in [0.4, 0.5) is 0 Å². The Balaban J connectivity index is 1.48. The highest BCUT2D eigenvalue weighted by Crippen LogP contribution is 2.24. The highest BCUT2D eigenvalue weighted by atomic mass is 16.4. The number of likely N-dealkylation sites (tertiary alicyclic amines) is 2. The Bertz CT molecular complexity index is 4150. The van der Waals surface area contributed by atoms with Crippen LogP contribution in [-0.2, 0) is 109 Å². The summed E-state index contributed by atoms with van der Waals surface area (Å²) in [7, 11) is 0. The molecule has 0 bridgehead atoms. The minimum atomic E-state index is -1.93. The van der Waals surface area contributed by atoms with E-state index in [1.165, 1.54) is 49.9 Å². The van der Waals surface area contributed by atoms with Crippen molar-refractivity contribution in [1.29, 1.82) is 0 Å². The fourth-order valence-corrected chi connectivity index (χ4v) is 13.9. The van der Waals surface area contributed by atoms with Gasteiger partial charge in [0.25, 0.3) is 0 Å². The van der Waals surface area contributed by atoms with Crippen LogP contribution in [-0.4, -0.2) is 265 Å². The van der Waals surface area contributed by atoms with Crippen LogP contribution >= 0.6 is 0 Å². The lowest BCUT2D eigenvalue weighted by atomic mass is 9.99. The Morgan fingerprint density at radius 3 is 1.28 bits per heavy atom. The second kappa shape index (κ2) is 51.0. The topological polar surface area (TPSA) is 689 Å². The number of aliphatic carboxylic acids is 3. The van der Waals surface area contributed by atoms with Crippen LogP contribution in [0.15, 0.2) is 54.6 Å². The van der Waals surface area contributed by atoms with Crippen molar-refractivity contribution in [2.75, 3.05) is 19.6 Å². The number of carbonyl (C=O) groups excluding carboxylic acids is 17. The quantitative estimate of drug-likeness (QED) is 0.0278. The standard InChI is InChI=1S/C82H125N19O24/c1-40(2)33-53(93-73(115)55(35-48-24-26-49(102)27-25-48)92-68(110)44(9)87-69(111)50(84)37-64(107)108)71(113)89-46(11)80(122)100-31-17-22-59(100)76(118)96-57(39-62(86)104)75(117)95-56(38-61(85)103)74(116)94-54(34-41(3)4)72(114)91-52(21-15-16-30-83)81(123)101-32-18-23-60(101)77(119)98-66(43(7)8)79(121)99-65(42(5)6)78(120)88-45(10)67(109)90-51(28-29-63(105)106)70(112)97-58(82(124)125)36-47-19-13-12-14-20-47/h12-14,19-20,24-27,40-46,50-60,65-66,102H,15-18,21-23,28-39,83-84H2,1-11H3,(H2,85,103)(H2,86,104)(H,87,111)(H,88,120)(H,89,113)(H,90,109)(H,91,114)(H,92,110)(H,93,115)(H,94,116)(H,95,117)(H,96,118)(H,97,112)(H,98,119)(H,99,121)(H,105,106)(H,107,108)(H,124,125)/t44-,45-,46-,50-,51-,52-,53-,54-,55-,56-,57-,58-,59-,60-,65-,66-/m0/s1. The van der Waals surface area contributed by atoms with E-state index in [2.05, 4.69) is 69.1 Å². The van der Waals surface area contributed by atoms with Gasteiger partial charge in [-0.05, 0) is 138 Å². The number of phenols is 1. The highest BCUT2D eigenvalue weighted by molar-refractivity contribution is 6.02. The minimum Gasteiger partial charge on any atom is -0.508 e. The van der Waals surface area contributed by atoms with Gasteiger partial charge in [0.2, 0.25) is 100 Å². The van der Waals surface area contributed by atoms with E-state index in [4.69, 9.17) is 28.0 Å². The summed E-state index contributed by atoms with van der Waals surface area (Å²) in [5, 5.41) is 70.9. The van der Waals surface area contributed by atoms with Crippen LogP contribution < -0.4 is 92.1 Å². The van der Waals surface area contributed by atoms with E-state index in [-0.39, 0.29) is 101 Å². The molecule has 2 saturated heterocycles. The SMILES string of the molecule is CC(C)C[C@H](NC(=O)[C@H](Cc1ccc(O)cc1)NC(=O)[C@H](C)NC(=O)[C@@H](N)CC(=O)O)C(=O)N[C@@H](C)C(=O)N1CCC[C@H]1C(=O)N[C@@H](CC(N)=O)C(=O)N[C@@H](CC(N)=O)C(=O)N[C@@H](CC(C)C)C(=O)N[C@@H](CCCCN)C(=O)N1CCC[C@H]1C(=O)N[C@H](C(=O)N[C@H](C(=O)N[C@@H](C)C(=O)N[C@@H](CCC(=O)O)C(=O)N[C@@H](Cc1ccccc1)C(=O)O)C(C)C)C(C)C. The number of carbonyl (C=O) groups is 20. The van der Waals surface area contributed by atoms with Gasteiger partial charge in [0, 0.05) is 32.4 Å². The van der Waals surface area contributed by atoms with Crippen molar-refractivity contribution in [2.45, 2.75) is 276 Å². The van der Waals surface area contributed by atoms with Crippen LogP contribution in [0.2, 0.25) is 0 Å². The van der Waals surface area contributed by atoms with Gasteiger partial charge in [0.1, 0.15) is 96.4 Å². The number of nitrogens with two attached hydrogens (primary N) is 4. The van der Waals surface area contributed by atoms with Gasteiger partial charge in [-0.25, -0.2) is 4.79 Å². The monoisotopic (exact) mass is 1760 g/mol. The number of benzene rings is 2. The molecule has 2 heterocycles. The van der Waals surface area contributed by atoms with Crippen LogP contribution in [0.25, 0.3) is 0 Å². The first-order valence-electron chi connectivity index (χ1n) is 41.7. The summed E-state index contributed by atoms with van der Waals surface area (Å²) < 4.78 is 0. The maximum atomic E-state index is 14.9. The van der Waals surface area contributed by atoms with Crippen molar-refractivity contribution >= 4 is 118 Å². The van der Waals surface area contributed by atoms with Crippen LogP contribution in [0.3, 0.4) is 0 Å². The average Bonchev–Trinajstić information content (AvgIpc) is 1.73. The molecule has 0 radical (unpaired) electrons. The number of nitrogens with one attached hydrogen (secondary N) is 13. The van der Waals surface area contributed by atoms with E-state index in [1.807, 2.05) is 0 Å². The van der Waals surface area contributed by atoms with Crippen molar-refractivity contribution < 1.29 is 116 Å². The maximum Gasteiger partial charge on any atom is 0.326 e. The van der Waals surface area contributed by atoms with Gasteiger partial charge in [-0.1, -0.05) is 97.9 Å². The number of carboxylic acids is 3. The molecule has 43 heteroatoms. The second-order valence-electron chi connectivity index (χ2n) is 32.9. The number of carboxylic acid groups (broad SMARTS) is 3. The van der Waals surface area contributed by atoms with Crippen LogP contribution in [0.1, 0.15) is 177 Å². The molecule has 4 rings (SSSR count). The van der Waals surface area contributed by atoms with E-state index >= 15 is 0 Å². The number of hydrogen-bond donors (Lipinski definition) is 21. The molecule has 0 aromatic heterocycles. The molecule has 2 fully saturated rings. The summed E-state index contributed by atoms with van der Waals surface area (Å²) in [6, 6.07) is -9.78. The minimum absolute atomic E-state index is 0.00891. The van der Waals surface area contributed by atoms with Gasteiger partial charge in [-0.2, -0.15) is 0 Å². The van der Waals surface area contributed by atoms with E-state index < -0.39 is 259 Å². The third kappa shape index (κ3) is 35.0. The van der Waals surface area contributed by atoms with Crippen molar-refractivity contribution in [3.8, 4) is 5.75 Å². The van der Waals surface area contributed by atoms with Crippen LogP contribution in [0, 0.1) is 23.7 Å². The van der Waals surface area contributed by atoms with Crippen molar-refractivity contribution in [3.63, 3.8) is 0 Å². The van der Waals surface area contributed by atoms with E-state index in [0.717, 1.165) is 4.90 Å². The van der Waals surface area contributed by atoms with Gasteiger partial charge in [0.05, 0.1) is 25.3 Å². The summed E-state index contributed by atoms with van der Waals surface area (Å²) in [5.74, 6) is -22.6. The van der Waals surface area contributed by atoms with Crippen molar-refractivity contribution in [2.24, 2.45) is 46.6 Å². The summed E-state index contributed by atoms with van der Waals surface area (Å²) in [6.07, 6.45) is -3.11. The molecular weight excluding hydrogens is 1640 g/mol. The molecule has 2 aromatic rings. The lowest BCUT2D eigenvalue weighted by molar-refractivity contribution is -0.143. The lowest BCUT2D eigenvalue weighted by Crippen LogP contribution is -2.61. The van der Waals surface area contributed by atoms with Gasteiger partial charge >= 0.3 is 17.9 Å². The van der Waals surface area contributed by atoms with E-state index in [0.29, 0.717) is 17.5 Å². The third-order valence-electron chi connectivity index (χ3n) is 20.6. The number of phenolic OH excluding ortho intramolecular Hbond substituents is 1. The zero-order valence-electron chi connectivity index (χ0n) is 72.3. The number of primary amides is 2. The Kier molecular flexibility index (Phi) is 42.8. The molecule has 43 nitrogen and oxygen atoms in total. The summed E-state index contributed by atoms with van der Waals surface area (Å²) >= 11 is 0. The fourth-order valence-electron chi connectivity index (χ4n) is 13.9. The third-order valence-corrected chi connectivity index (χ3v) is 20.6. The predicted molar refractivity (Wildman–Crippen MR) is 447 cm³/mol. The Morgan fingerprint density at radius 1 is 0.392 bits per heavy atom. The highest BCUT2D eigenvalue weighted by Gasteiger charge is 2.44. The van der Waals surface area contributed by atoms with Gasteiger partial charge < -0.3 is 122 Å². The van der Waals surface area contributed by atoms with Gasteiger partial charge in [0.15, 0.2) is 0 Å². The molecule has 17 amide bonds. The van der Waals surface area contributed by atoms with Gasteiger partial charge in [-0.15, -0.1) is 0 Å². The Labute approximate surface area is 723 Å². The number of unbranched alkanes of at least 4 members (excludes halogenated alkanes) is 1. The number of nitrogens with zero attached hydrogens (tertiary/aromatic N) is 2. The maximum absolute atomic E-state index is 14.9. The fraction of sp³-hybridized carbons (Fsp3) is 0.610. The molecular formula is C82H125N19O24. The molecule has 125 heavy (non-hydrogen) atoms. The number of aromatic hydroxyl groups is 1. The molecule has 16 atom stereocenters. The predicted octanol–water partition coefficient (Wildman–Crippen LogP) is -4.44. The largest absolute Gasteiger partial charge is 0.508 e. The molecule has 0 aliphatic carbocycles. The van der Waals surface area contributed by atoms with Gasteiger partial charge in [-0.3, -0.25) is 91.1 Å². The molecule has 692 valence electrons. The normalized spacial score (nSPS) is 17.1. The molecule has 0 spiro atoms. The molecule has 0 saturated carbocycles. The first-order valence-corrected chi connectivity index (χ1v) is 41.7. The molecule has 2 aliphatic heterocycles. The smallest absolute Gasteiger partial charge is 0.326 e. The van der Waals surface area contributed by atoms with Crippen molar-refractivity contribution in [1.82, 2.24) is 78.9 Å². The second-order valence-corrected chi connectivity index (χ2v) is 32.9. The first-order chi connectivity index (χ1) is 58.6. The lowest BCUT2D eigenvalue weighted by Gasteiger charge is -2.32. The Hall–Kier alpha value is -12.4. The average molecular weight is 1760 g/mol. The molecule has 0 unspecified atom stereocenters. The summed E-state index contributed by atoms with van der Waals surface area (Å²) in [4.78, 5) is 274. The number of rotatable bonds is 52. The zero-order chi connectivity index (χ0) is 94.0. The Morgan fingerprint density at radius 2 is 0.792 bits per heavy atom. The summed E-state index contributed by atoms with van der Waals surface area (Å²) in [6.45, 7) is 17.1. The molecule has 2 aromatic carbocycles. The van der Waals surface area contributed by atoms with Crippen LogP contribution in [0.5, 0.6) is 5.75 Å². The summed E-state index contributed by atoms with van der Waals surface area (Å²) in [5.41, 5.74) is 23.7. The number of hydrogen-bond acceptors (Lipinski definition) is 23. The number of amides is 17. The molecule has 25 N–H and O–H groups in total. The zero-order valence-corrected chi connectivity index (χ0v) is 72.3. The van der Waals surface area contributed by atoms with E-state index in [1.54, 1.807) is 85.7 Å². The molecule has 2 aliphatic rings. The van der Waals surface area contributed by atoms with E-state index in [9.17, 15) is 111 Å². The van der Waals surface area contributed by atoms with Crippen molar-refractivity contribution in [3.05, 3.63) is 65.7 Å².